The summed E-state index contributed by atoms with van der Waals surface area (Å²) in [6, 6.07) is 6.74. The molecule has 0 amide bonds. The zero-order valence-electron chi connectivity index (χ0n) is 12.7. The number of halogens is 2. The number of benzene rings is 1. The molecule has 0 aliphatic rings. The van der Waals surface area contributed by atoms with Gasteiger partial charge in [-0.3, -0.25) is 4.68 Å². The molecule has 2 rings (SSSR count). The molecule has 114 valence electrons. The fourth-order valence-electron chi connectivity index (χ4n) is 2.61. The molecule has 0 spiro atoms. The molecule has 0 aliphatic heterocycles. The third-order valence-corrected chi connectivity index (χ3v) is 5.01. The third kappa shape index (κ3) is 3.04. The predicted molar refractivity (Wildman–Crippen MR) is 86.6 cm³/mol. The first-order valence-electron chi connectivity index (χ1n) is 7.18. The van der Waals surface area contributed by atoms with E-state index in [-0.39, 0.29) is 5.82 Å². The SMILES string of the molecule is CCn1nc(C)c(Br)c1CC(N)(CC)c1ccccc1F. The van der Waals surface area contributed by atoms with E-state index in [0.717, 1.165) is 22.4 Å². The first-order valence-corrected chi connectivity index (χ1v) is 7.98. The molecule has 0 aliphatic carbocycles. The number of nitrogens with zero attached hydrogens (tertiary/aromatic N) is 2. The van der Waals surface area contributed by atoms with Crippen LogP contribution in [-0.2, 0) is 18.5 Å². The van der Waals surface area contributed by atoms with E-state index in [1.54, 1.807) is 12.1 Å². The smallest absolute Gasteiger partial charge is 0.128 e. The number of hydrogen-bond donors (Lipinski definition) is 1. The summed E-state index contributed by atoms with van der Waals surface area (Å²) in [6.07, 6.45) is 1.19. The molecule has 5 heteroatoms. The second kappa shape index (κ2) is 6.28. The van der Waals surface area contributed by atoms with Crippen molar-refractivity contribution >= 4 is 15.9 Å². The predicted octanol–water partition coefficient (Wildman–Crippen LogP) is 3.92. The van der Waals surface area contributed by atoms with Crippen LogP contribution in [0.25, 0.3) is 0 Å². The molecular formula is C16H21BrFN3. The van der Waals surface area contributed by atoms with Crippen molar-refractivity contribution in [3.05, 3.63) is 51.5 Å². The molecule has 3 nitrogen and oxygen atoms in total. The van der Waals surface area contributed by atoms with E-state index >= 15 is 0 Å². The Morgan fingerprint density at radius 1 is 1.33 bits per heavy atom. The van der Waals surface area contributed by atoms with E-state index in [1.807, 2.05) is 31.5 Å². The van der Waals surface area contributed by atoms with Gasteiger partial charge in [-0.25, -0.2) is 4.39 Å². The lowest BCUT2D eigenvalue weighted by atomic mass is 9.83. The van der Waals surface area contributed by atoms with Crippen LogP contribution in [0.15, 0.2) is 28.7 Å². The molecule has 1 atom stereocenters. The topological polar surface area (TPSA) is 43.8 Å². The first kappa shape index (κ1) is 16.2. The van der Waals surface area contributed by atoms with E-state index in [9.17, 15) is 4.39 Å². The Morgan fingerprint density at radius 3 is 2.57 bits per heavy atom. The molecule has 1 heterocycles. The number of nitrogens with two attached hydrogens (primary N) is 1. The number of hydrogen-bond acceptors (Lipinski definition) is 2. The van der Waals surface area contributed by atoms with Gasteiger partial charge in [0.15, 0.2) is 0 Å². The van der Waals surface area contributed by atoms with Gasteiger partial charge >= 0.3 is 0 Å². The van der Waals surface area contributed by atoms with Crippen LogP contribution in [0, 0.1) is 12.7 Å². The van der Waals surface area contributed by atoms with Crippen LogP contribution in [-0.4, -0.2) is 9.78 Å². The summed E-state index contributed by atoms with van der Waals surface area (Å²) in [5.41, 5.74) is 8.31. The van der Waals surface area contributed by atoms with Gasteiger partial charge in [0.2, 0.25) is 0 Å². The fraction of sp³-hybridized carbons (Fsp3) is 0.438. The van der Waals surface area contributed by atoms with Crippen LogP contribution in [0.5, 0.6) is 0 Å². The maximum Gasteiger partial charge on any atom is 0.128 e. The molecule has 0 fully saturated rings. The summed E-state index contributed by atoms with van der Waals surface area (Å²) in [7, 11) is 0. The van der Waals surface area contributed by atoms with Crippen molar-refractivity contribution in [2.24, 2.45) is 5.73 Å². The monoisotopic (exact) mass is 353 g/mol. The third-order valence-electron chi connectivity index (χ3n) is 3.98. The van der Waals surface area contributed by atoms with Gasteiger partial charge in [-0.1, -0.05) is 25.1 Å². The highest BCUT2D eigenvalue weighted by atomic mass is 79.9. The lowest BCUT2D eigenvalue weighted by Gasteiger charge is -2.29. The second-order valence-corrected chi connectivity index (χ2v) is 6.12. The van der Waals surface area contributed by atoms with E-state index in [2.05, 4.69) is 21.0 Å². The number of aryl methyl sites for hydroxylation is 2. The highest BCUT2D eigenvalue weighted by Gasteiger charge is 2.31. The molecule has 21 heavy (non-hydrogen) atoms. The molecule has 0 bridgehead atoms. The average Bonchev–Trinajstić information content (AvgIpc) is 2.75. The molecule has 2 N–H and O–H groups in total. The largest absolute Gasteiger partial charge is 0.321 e. The van der Waals surface area contributed by atoms with Gasteiger partial charge in [0.25, 0.3) is 0 Å². The zero-order valence-corrected chi connectivity index (χ0v) is 14.2. The summed E-state index contributed by atoms with van der Waals surface area (Å²) in [5.74, 6) is -0.253. The van der Waals surface area contributed by atoms with Gasteiger partial charge in [0, 0.05) is 24.1 Å². The summed E-state index contributed by atoms with van der Waals surface area (Å²) in [4.78, 5) is 0. The van der Waals surface area contributed by atoms with Crippen LogP contribution in [0.1, 0.15) is 37.2 Å². The molecule has 0 saturated carbocycles. The lowest BCUT2D eigenvalue weighted by Crippen LogP contribution is -2.40. The highest BCUT2D eigenvalue weighted by Crippen LogP contribution is 2.32. The van der Waals surface area contributed by atoms with Crippen LogP contribution >= 0.6 is 15.9 Å². The van der Waals surface area contributed by atoms with E-state index in [0.29, 0.717) is 18.4 Å². The van der Waals surface area contributed by atoms with Gasteiger partial charge in [-0.2, -0.15) is 5.10 Å². The minimum Gasteiger partial charge on any atom is -0.321 e. The summed E-state index contributed by atoms with van der Waals surface area (Å²) in [6.45, 7) is 6.74. The van der Waals surface area contributed by atoms with E-state index in [4.69, 9.17) is 5.73 Å². The minimum atomic E-state index is -0.743. The van der Waals surface area contributed by atoms with Crippen molar-refractivity contribution in [2.45, 2.75) is 45.7 Å². The Labute approximate surface area is 133 Å². The van der Waals surface area contributed by atoms with Crippen molar-refractivity contribution < 1.29 is 4.39 Å². The van der Waals surface area contributed by atoms with Crippen molar-refractivity contribution in [1.82, 2.24) is 9.78 Å². The molecule has 1 aromatic heterocycles. The molecule has 2 aromatic rings. The first-order chi connectivity index (χ1) is 9.92. The van der Waals surface area contributed by atoms with Gasteiger partial charge < -0.3 is 5.73 Å². The Hall–Kier alpha value is -1.20. The summed E-state index contributed by atoms with van der Waals surface area (Å²) < 4.78 is 17.0. The quantitative estimate of drug-likeness (QED) is 0.885. The Kier molecular flexibility index (Phi) is 4.84. The van der Waals surface area contributed by atoms with E-state index < -0.39 is 5.54 Å². The van der Waals surface area contributed by atoms with Gasteiger partial charge in [0.1, 0.15) is 5.82 Å². The van der Waals surface area contributed by atoms with Crippen LogP contribution in [0.4, 0.5) is 4.39 Å². The van der Waals surface area contributed by atoms with Crippen LogP contribution in [0.3, 0.4) is 0 Å². The van der Waals surface area contributed by atoms with E-state index in [1.165, 1.54) is 6.07 Å². The Balaban J connectivity index is 2.46. The Bertz CT molecular complexity index is 638. The molecule has 1 unspecified atom stereocenters. The summed E-state index contributed by atoms with van der Waals surface area (Å²) in [5, 5.41) is 4.48. The van der Waals surface area contributed by atoms with Crippen LogP contribution < -0.4 is 5.73 Å². The maximum absolute atomic E-state index is 14.1. The maximum atomic E-state index is 14.1. The molecule has 1 aromatic carbocycles. The molecule has 0 radical (unpaired) electrons. The Morgan fingerprint density at radius 2 is 2.00 bits per heavy atom. The normalized spacial score (nSPS) is 14.2. The zero-order chi connectivity index (χ0) is 15.6. The lowest BCUT2D eigenvalue weighted by molar-refractivity contribution is 0.388. The number of aromatic nitrogens is 2. The average molecular weight is 354 g/mol. The highest BCUT2D eigenvalue weighted by molar-refractivity contribution is 9.10. The second-order valence-electron chi connectivity index (χ2n) is 5.33. The van der Waals surface area contributed by atoms with Gasteiger partial charge in [-0.05, 0) is 42.3 Å². The van der Waals surface area contributed by atoms with Crippen molar-refractivity contribution in [2.75, 3.05) is 0 Å². The van der Waals surface area contributed by atoms with Crippen molar-refractivity contribution in [1.29, 1.82) is 0 Å². The standard InChI is InChI=1S/C16H21BrFN3/c1-4-16(19,12-8-6-7-9-13(12)18)10-14-15(17)11(3)20-21(14)5-2/h6-9H,4-5,10,19H2,1-3H3. The molecule has 0 saturated heterocycles. The van der Waals surface area contributed by atoms with Crippen molar-refractivity contribution in [3.63, 3.8) is 0 Å². The minimum absolute atomic E-state index is 0.253. The van der Waals surface area contributed by atoms with Gasteiger partial charge in [-0.15, -0.1) is 0 Å². The van der Waals surface area contributed by atoms with Crippen molar-refractivity contribution in [3.8, 4) is 0 Å². The van der Waals surface area contributed by atoms with Gasteiger partial charge in [0.05, 0.1) is 15.9 Å². The summed E-state index contributed by atoms with van der Waals surface area (Å²) >= 11 is 3.58. The number of rotatable bonds is 5. The fourth-order valence-corrected chi connectivity index (χ4v) is 3.04. The molecular weight excluding hydrogens is 333 g/mol. The van der Waals surface area contributed by atoms with Crippen LogP contribution in [0.2, 0.25) is 0 Å².